The van der Waals surface area contributed by atoms with E-state index in [0.29, 0.717) is 5.11 Å². The molecule has 2 N–H and O–H groups in total. The fraction of sp³-hybridized carbons (Fsp3) is 0.500. The van der Waals surface area contributed by atoms with Crippen molar-refractivity contribution in [2.45, 2.75) is 6.42 Å². The summed E-state index contributed by atoms with van der Waals surface area (Å²) in [5.74, 6) is 0. The molecule has 0 spiro atoms. The number of rotatable bonds is 0. The Morgan fingerprint density at radius 2 is 2.62 bits per heavy atom. The largest absolute Gasteiger partial charge is 0.361 e. The highest BCUT2D eigenvalue weighted by atomic mass is 32.1. The second-order valence-corrected chi connectivity index (χ2v) is 1.88. The van der Waals surface area contributed by atoms with E-state index in [1.54, 1.807) is 6.21 Å². The second kappa shape index (κ2) is 2.61. The zero-order valence-corrected chi connectivity index (χ0v) is 5.16. The molecular formula is C4H7N3S. The van der Waals surface area contributed by atoms with Gasteiger partial charge in [-0.15, -0.1) is 0 Å². The average Bonchev–Trinajstić information content (AvgIpc) is 1.94. The van der Waals surface area contributed by atoms with Crippen LogP contribution in [0.25, 0.3) is 0 Å². The van der Waals surface area contributed by atoms with Gasteiger partial charge >= 0.3 is 0 Å². The van der Waals surface area contributed by atoms with Crippen LogP contribution in [0.4, 0.5) is 0 Å². The molecule has 44 valence electrons. The molecule has 0 aromatic rings. The Bertz CT molecular complexity index is 120. The van der Waals surface area contributed by atoms with E-state index in [-0.39, 0.29) is 0 Å². The molecule has 0 aliphatic carbocycles. The summed E-state index contributed by atoms with van der Waals surface area (Å²) in [6, 6.07) is 0. The van der Waals surface area contributed by atoms with Gasteiger partial charge in [0.15, 0.2) is 5.11 Å². The van der Waals surface area contributed by atoms with Crippen LogP contribution in [0, 0.1) is 0 Å². The molecular weight excluding hydrogens is 122 g/mol. The molecule has 3 nitrogen and oxygen atoms in total. The van der Waals surface area contributed by atoms with E-state index in [4.69, 9.17) is 12.2 Å². The third-order valence-electron chi connectivity index (χ3n) is 0.816. The maximum absolute atomic E-state index is 4.76. The van der Waals surface area contributed by atoms with Crippen LogP contribution >= 0.6 is 12.2 Å². The smallest absolute Gasteiger partial charge is 0.186 e. The molecule has 1 rings (SSSR count). The van der Waals surface area contributed by atoms with E-state index in [0.717, 1.165) is 13.0 Å². The SMILES string of the molecule is S=C1NCCC=NN1. The van der Waals surface area contributed by atoms with Gasteiger partial charge in [-0.25, -0.2) is 0 Å². The van der Waals surface area contributed by atoms with Crippen molar-refractivity contribution in [2.75, 3.05) is 6.54 Å². The first-order valence-electron chi connectivity index (χ1n) is 2.45. The normalized spacial score (nSPS) is 18.8. The van der Waals surface area contributed by atoms with E-state index in [2.05, 4.69) is 15.8 Å². The zero-order valence-electron chi connectivity index (χ0n) is 4.35. The van der Waals surface area contributed by atoms with Crippen molar-refractivity contribution in [1.29, 1.82) is 0 Å². The van der Waals surface area contributed by atoms with Gasteiger partial charge in [-0.05, 0) is 12.2 Å². The van der Waals surface area contributed by atoms with Crippen molar-refractivity contribution in [2.24, 2.45) is 5.10 Å². The van der Waals surface area contributed by atoms with E-state index < -0.39 is 0 Å². The lowest BCUT2D eigenvalue weighted by Crippen LogP contribution is -2.30. The quantitative estimate of drug-likeness (QED) is 0.446. The van der Waals surface area contributed by atoms with Crippen LogP contribution in [0.5, 0.6) is 0 Å². The van der Waals surface area contributed by atoms with Gasteiger partial charge in [-0.3, -0.25) is 5.43 Å². The Balaban J connectivity index is 2.41. The first kappa shape index (κ1) is 5.50. The minimum Gasteiger partial charge on any atom is -0.361 e. The summed E-state index contributed by atoms with van der Waals surface area (Å²) >= 11 is 4.76. The predicted octanol–water partition coefficient (Wildman–Crippen LogP) is -0.160. The van der Waals surface area contributed by atoms with Gasteiger partial charge in [0.1, 0.15) is 0 Å². The molecule has 8 heavy (non-hydrogen) atoms. The van der Waals surface area contributed by atoms with E-state index in [1.165, 1.54) is 0 Å². The monoisotopic (exact) mass is 129 g/mol. The van der Waals surface area contributed by atoms with Crippen LogP contribution < -0.4 is 10.7 Å². The molecule has 4 heteroatoms. The highest BCUT2D eigenvalue weighted by Crippen LogP contribution is 1.76. The van der Waals surface area contributed by atoms with Crippen molar-refractivity contribution in [3.8, 4) is 0 Å². The number of nitrogens with zero attached hydrogens (tertiary/aromatic N) is 1. The number of hydrogen-bond acceptors (Lipinski definition) is 2. The van der Waals surface area contributed by atoms with Crippen LogP contribution in [0.2, 0.25) is 0 Å². The first-order valence-corrected chi connectivity index (χ1v) is 2.86. The molecule has 0 bridgehead atoms. The minimum absolute atomic E-state index is 0.610. The fourth-order valence-corrected chi connectivity index (χ4v) is 0.613. The molecule has 0 aromatic carbocycles. The van der Waals surface area contributed by atoms with E-state index in [9.17, 15) is 0 Å². The Labute approximate surface area is 53.2 Å². The lowest BCUT2D eigenvalue weighted by molar-refractivity contribution is 0.911. The van der Waals surface area contributed by atoms with Crippen molar-refractivity contribution in [3.05, 3.63) is 0 Å². The summed E-state index contributed by atoms with van der Waals surface area (Å²) in [4.78, 5) is 0. The minimum atomic E-state index is 0.610. The second-order valence-electron chi connectivity index (χ2n) is 1.47. The first-order chi connectivity index (χ1) is 3.89. The Morgan fingerprint density at radius 3 is 3.50 bits per heavy atom. The molecule has 1 aliphatic heterocycles. The molecule has 0 unspecified atom stereocenters. The fourth-order valence-electron chi connectivity index (χ4n) is 0.459. The summed E-state index contributed by atoms with van der Waals surface area (Å²) < 4.78 is 0. The van der Waals surface area contributed by atoms with E-state index >= 15 is 0 Å². The third kappa shape index (κ3) is 1.46. The van der Waals surface area contributed by atoms with Gasteiger partial charge < -0.3 is 5.32 Å². The van der Waals surface area contributed by atoms with Gasteiger partial charge in [-0.1, -0.05) is 0 Å². The number of nitrogens with one attached hydrogen (secondary N) is 2. The summed E-state index contributed by atoms with van der Waals surface area (Å²) in [5, 5.41) is 7.32. The van der Waals surface area contributed by atoms with Crippen LogP contribution in [0.15, 0.2) is 5.10 Å². The van der Waals surface area contributed by atoms with Crippen LogP contribution in [0.1, 0.15) is 6.42 Å². The standard InChI is InChI=1S/C4H7N3S/c8-4-5-2-1-3-6-7-4/h3H,1-2H2,(H2,5,7,8). The van der Waals surface area contributed by atoms with Crippen molar-refractivity contribution in [1.82, 2.24) is 10.7 Å². The summed E-state index contributed by atoms with van der Waals surface area (Å²) in [7, 11) is 0. The molecule has 0 saturated heterocycles. The van der Waals surface area contributed by atoms with E-state index in [1.807, 2.05) is 0 Å². The third-order valence-corrected chi connectivity index (χ3v) is 1.05. The summed E-state index contributed by atoms with van der Waals surface area (Å²) in [5.41, 5.74) is 2.63. The van der Waals surface area contributed by atoms with Crippen molar-refractivity contribution >= 4 is 23.5 Å². The molecule has 1 heterocycles. The van der Waals surface area contributed by atoms with Gasteiger partial charge in [0.05, 0.1) is 0 Å². The number of hydrogen-bond donors (Lipinski definition) is 2. The van der Waals surface area contributed by atoms with Gasteiger partial charge in [0, 0.05) is 19.2 Å². The molecule has 0 radical (unpaired) electrons. The molecule has 1 aliphatic rings. The van der Waals surface area contributed by atoms with Gasteiger partial charge in [0.2, 0.25) is 0 Å². The predicted molar refractivity (Wildman–Crippen MR) is 36.8 cm³/mol. The molecule has 0 fully saturated rings. The number of thiocarbonyl (C=S) groups is 1. The van der Waals surface area contributed by atoms with Crippen LogP contribution in [0.3, 0.4) is 0 Å². The summed E-state index contributed by atoms with van der Waals surface area (Å²) in [6.45, 7) is 0.884. The maximum Gasteiger partial charge on any atom is 0.186 e. The van der Waals surface area contributed by atoms with Gasteiger partial charge in [-0.2, -0.15) is 5.10 Å². The van der Waals surface area contributed by atoms with Gasteiger partial charge in [0.25, 0.3) is 0 Å². The zero-order chi connectivity index (χ0) is 5.82. The highest BCUT2D eigenvalue weighted by Gasteiger charge is 1.93. The average molecular weight is 129 g/mol. The van der Waals surface area contributed by atoms with Crippen LogP contribution in [-0.4, -0.2) is 17.9 Å². The topological polar surface area (TPSA) is 36.4 Å². The highest BCUT2D eigenvalue weighted by molar-refractivity contribution is 7.80. The number of hydrazone groups is 1. The molecule has 0 aromatic heterocycles. The lowest BCUT2D eigenvalue weighted by Gasteiger charge is -1.98. The Morgan fingerprint density at radius 1 is 1.75 bits per heavy atom. The lowest BCUT2D eigenvalue weighted by atomic mass is 10.5. The Kier molecular flexibility index (Phi) is 1.80. The van der Waals surface area contributed by atoms with Crippen molar-refractivity contribution < 1.29 is 0 Å². The maximum atomic E-state index is 4.76. The molecule has 0 saturated carbocycles. The Hall–Kier alpha value is -0.640. The summed E-state index contributed by atoms with van der Waals surface area (Å²) in [6.07, 6.45) is 2.74. The molecule has 0 atom stereocenters. The van der Waals surface area contributed by atoms with Crippen molar-refractivity contribution in [3.63, 3.8) is 0 Å². The van der Waals surface area contributed by atoms with Crippen LogP contribution in [-0.2, 0) is 0 Å². The molecule has 0 amide bonds.